The highest BCUT2D eigenvalue weighted by atomic mass is 19.1. The minimum absolute atomic E-state index is 0.0268. The fraction of sp³-hybridized carbons (Fsp3) is 0.517. The molecule has 2 aliphatic rings. The Morgan fingerprint density at radius 1 is 1.23 bits per heavy atom. The molecule has 39 heavy (non-hydrogen) atoms. The first-order chi connectivity index (χ1) is 18.9. The van der Waals surface area contributed by atoms with Crippen LogP contribution in [-0.2, 0) is 22.5 Å². The third kappa shape index (κ3) is 6.28. The molecule has 0 aliphatic carbocycles. The van der Waals surface area contributed by atoms with Crippen LogP contribution in [0.3, 0.4) is 0 Å². The molecule has 0 amide bonds. The number of fused-ring (bicyclic) bond motifs is 2. The van der Waals surface area contributed by atoms with E-state index in [0.29, 0.717) is 37.4 Å². The van der Waals surface area contributed by atoms with Gasteiger partial charge in [0, 0.05) is 48.1 Å². The van der Waals surface area contributed by atoms with Gasteiger partial charge in [-0.25, -0.2) is 9.37 Å². The highest BCUT2D eigenvalue weighted by Crippen LogP contribution is 2.33. The maximum Gasteiger partial charge on any atom is 0.303 e. The van der Waals surface area contributed by atoms with Crippen LogP contribution in [0.2, 0.25) is 0 Å². The minimum atomic E-state index is -0.819. The number of likely N-dealkylation sites (tertiary alicyclic amines) is 1. The second kappa shape index (κ2) is 12.2. The van der Waals surface area contributed by atoms with E-state index in [-0.39, 0.29) is 29.8 Å². The molecule has 1 saturated heterocycles. The second-order valence-corrected chi connectivity index (χ2v) is 10.4. The molecular formula is C29H35FN4O5. The summed E-state index contributed by atoms with van der Waals surface area (Å²) < 4.78 is 26.6. The molecule has 0 radical (unpaired) electrons. The van der Waals surface area contributed by atoms with Gasteiger partial charge in [0.2, 0.25) is 0 Å². The Bertz CT molecular complexity index is 1410. The van der Waals surface area contributed by atoms with Crippen molar-refractivity contribution in [3.05, 3.63) is 69.3 Å². The van der Waals surface area contributed by atoms with Crippen molar-refractivity contribution < 1.29 is 23.6 Å². The van der Waals surface area contributed by atoms with Crippen LogP contribution < -0.4 is 5.56 Å². The number of carboxylic acids is 1. The first-order valence-electron chi connectivity index (χ1n) is 13.8. The maximum atomic E-state index is 13.5. The Morgan fingerprint density at radius 2 is 2.05 bits per heavy atom. The molecule has 1 N–H and O–H groups in total. The SMILES string of the molecule is Cc1nc2n(c(=O)c1CCN1CCC(c3noc4cc(F)ccc34)CC1)CCCC2OC/C=C/CCC(=O)O. The number of rotatable bonds is 10. The largest absolute Gasteiger partial charge is 0.481 e. The van der Waals surface area contributed by atoms with E-state index in [0.717, 1.165) is 67.7 Å². The normalized spacial score (nSPS) is 18.7. The first-order valence-corrected chi connectivity index (χ1v) is 13.8. The van der Waals surface area contributed by atoms with Gasteiger partial charge in [-0.05, 0) is 70.7 Å². The fourth-order valence-corrected chi connectivity index (χ4v) is 5.68. The van der Waals surface area contributed by atoms with E-state index >= 15 is 0 Å². The van der Waals surface area contributed by atoms with Crippen molar-refractivity contribution in [2.75, 3.05) is 26.2 Å². The summed E-state index contributed by atoms with van der Waals surface area (Å²) in [5, 5.41) is 13.9. The molecule has 0 bridgehead atoms. The van der Waals surface area contributed by atoms with E-state index in [2.05, 4.69) is 10.1 Å². The van der Waals surface area contributed by atoms with Crippen molar-refractivity contribution in [2.24, 2.45) is 0 Å². The van der Waals surface area contributed by atoms with Gasteiger partial charge >= 0.3 is 5.97 Å². The summed E-state index contributed by atoms with van der Waals surface area (Å²) in [5.41, 5.74) is 2.95. The Kier molecular flexibility index (Phi) is 8.52. The van der Waals surface area contributed by atoms with E-state index in [9.17, 15) is 14.0 Å². The van der Waals surface area contributed by atoms with Gasteiger partial charge in [0.05, 0.1) is 12.3 Å². The van der Waals surface area contributed by atoms with Gasteiger partial charge in [-0.3, -0.25) is 14.2 Å². The molecule has 1 aromatic carbocycles. The van der Waals surface area contributed by atoms with Crippen LogP contribution in [0.25, 0.3) is 11.0 Å². The van der Waals surface area contributed by atoms with Gasteiger partial charge in [0.1, 0.15) is 17.7 Å². The number of carboxylic acid groups (broad SMARTS) is 1. The fourth-order valence-electron chi connectivity index (χ4n) is 5.68. The molecule has 0 saturated carbocycles. The molecule has 2 aliphatic heterocycles. The van der Waals surface area contributed by atoms with E-state index in [4.69, 9.17) is 19.4 Å². The highest BCUT2D eigenvalue weighted by Gasteiger charge is 2.27. The Labute approximate surface area is 226 Å². The zero-order valence-corrected chi connectivity index (χ0v) is 22.3. The average molecular weight is 539 g/mol. The predicted molar refractivity (Wildman–Crippen MR) is 143 cm³/mol. The standard InChI is InChI=1S/C29H35FN4O5/c1-19-22(29(37)34-13-5-6-24(28(34)31-19)38-17-4-2-3-7-26(35)36)12-16-33-14-10-20(11-15-33)27-23-9-8-21(30)18-25(23)39-32-27/h2,4,8-9,18,20,24H,3,5-7,10-17H2,1H3,(H,35,36)/b4-2+. The van der Waals surface area contributed by atoms with Gasteiger partial charge in [-0.2, -0.15) is 0 Å². The number of hydrogen-bond acceptors (Lipinski definition) is 7. The number of benzene rings is 1. The lowest BCUT2D eigenvalue weighted by atomic mass is 9.91. The molecule has 2 aromatic heterocycles. The van der Waals surface area contributed by atoms with Crippen molar-refractivity contribution in [3.8, 4) is 0 Å². The van der Waals surface area contributed by atoms with Crippen LogP contribution in [0.5, 0.6) is 0 Å². The summed E-state index contributed by atoms with van der Waals surface area (Å²) in [5.74, 6) is -0.185. The number of ether oxygens (including phenoxy) is 1. The number of aliphatic carboxylic acids is 1. The Balaban J connectivity index is 1.17. The lowest BCUT2D eigenvalue weighted by Gasteiger charge is -2.31. The van der Waals surface area contributed by atoms with Gasteiger partial charge in [-0.1, -0.05) is 17.3 Å². The molecule has 1 unspecified atom stereocenters. The number of halogens is 1. The number of carbonyl (C=O) groups is 1. The van der Waals surface area contributed by atoms with Gasteiger partial charge in [0.15, 0.2) is 5.58 Å². The van der Waals surface area contributed by atoms with Crippen molar-refractivity contribution in [3.63, 3.8) is 0 Å². The zero-order chi connectivity index (χ0) is 27.4. The summed E-state index contributed by atoms with van der Waals surface area (Å²) in [6.45, 7) is 5.49. The van der Waals surface area contributed by atoms with Crippen LogP contribution in [-0.4, -0.2) is 56.9 Å². The van der Waals surface area contributed by atoms with Crippen molar-refractivity contribution in [1.29, 1.82) is 0 Å². The molecule has 4 heterocycles. The molecule has 10 heteroatoms. The monoisotopic (exact) mass is 538 g/mol. The van der Waals surface area contributed by atoms with Crippen molar-refractivity contribution in [1.82, 2.24) is 19.6 Å². The second-order valence-electron chi connectivity index (χ2n) is 10.4. The molecule has 1 fully saturated rings. The quantitative estimate of drug-likeness (QED) is 0.375. The smallest absolute Gasteiger partial charge is 0.303 e. The number of aromatic nitrogens is 3. The van der Waals surface area contributed by atoms with E-state index in [1.54, 1.807) is 10.6 Å². The number of hydrogen-bond donors (Lipinski definition) is 1. The van der Waals surface area contributed by atoms with Gasteiger partial charge in [0.25, 0.3) is 5.56 Å². The number of allylic oxidation sites excluding steroid dienone is 1. The van der Waals surface area contributed by atoms with Crippen LogP contribution in [0.1, 0.15) is 73.3 Å². The number of nitrogens with zero attached hydrogens (tertiary/aromatic N) is 4. The third-order valence-electron chi connectivity index (χ3n) is 7.83. The summed E-state index contributed by atoms with van der Waals surface area (Å²) in [6, 6.07) is 4.57. The summed E-state index contributed by atoms with van der Waals surface area (Å²) in [6.07, 6.45) is 8.13. The molecular weight excluding hydrogens is 503 g/mol. The highest BCUT2D eigenvalue weighted by molar-refractivity contribution is 5.79. The van der Waals surface area contributed by atoms with E-state index < -0.39 is 5.97 Å². The van der Waals surface area contributed by atoms with Crippen molar-refractivity contribution >= 4 is 16.9 Å². The predicted octanol–water partition coefficient (Wildman–Crippen LogP) is 4.53. The molecule has 9 nitrogen and oxygen atoms in total. The molecule has 1 atom stereocenters. The van der Waals surface area contributed by atoms with Crippen molar-refractivity contribution in [2.45, 2.75) is 70.4 Å². The van der Waals surface area contributed by atoms with Crippen LogP contribution in [0.4, 0.5) is 4.39 Å². The molecule has 0 spiro atoms. The number of piperidine rings is 1. The zero-order valence-electron chi connectivity index (χ0n) is 22.3. The molecule has 5 rings (SSSR count). The Hall–Kier alpha value is -3.37. The van der Waals surface area contributed by atoms with Gasteiger partial charge < -0.3 is 19.3 Å². The lowest BCUT2D eigenvalue weighted by Crippen LogP contribution is -2.38. The number of aryl methyl sites for hydroxylation is 1. The van der Waals surface area contributed by atoms with Gasteiger partial charge in [-0.15, -0.1) is 0 Å². The summed E-state index contributed by atoms with van der Waals surface area (Å²) in [7, 11) is 0. The van der Waals surface area contributed by atoms with Crippen LogP contribution in [0, 0.1) is 12.7 Å². The lowest BCUT2D eigenvalue weighted by molar-refractivity contribution is -0.136. The maximum absolute atomic E-state index is 13.5. The summed E-state index contributed by atoms with van der Waals surface area (Å²) >= 11 is 0. The first kappa shape index (κ1) is 27.2. The van der Waals surface area contributed by atoms with E-state index in [1.165, 1.54) is 12.1 Å². The van der Waals surface area contributed by atoms with Crippen LogP contribution >= 0.6 is 0 Å². The molecule has 208 valence electrons. The minimum Gasteiger partial charge on any atom is -0.481 e. The topological polar surface area (TPSA) is 111 Å². The van der Waals surface area contributed by atoms with E-state index in [1.807, 2.05) is 19.1 Å². The summed E-state index contributed by atoms with van der Waals surface area (Å²) in [4.78, 5) is 31.2. The third-order valence-corrected chi connectivity index (χ3v) is 7.83. The Morgan fingerprint density at radius 3 is 2.85 bits per heavy atom. The van der Waals surface area contributed by atoms with Crippen LogP contribution in [0.15, 0.2) is 39.7 Å². The average Bonchev–Trinajstić information content (AvgIpc) is 3.34. The molecule has 3 aromatic rings.